The largest absolute Gasteiger partial charge is 0.506 e. The van der Waals surface area contributed by atoms with Gasteiger partial charge in [0.15, 0.2) is 0 Å². The molecule has 0 saturated carbocycles. The fourth-order valence-corrected chi connectivity index (χ4v) is 1.70. The molecule has 0 atom stereocenters. The first-order valence-electron chi connectivity index (χ1n) is 5.96. The second kappa shape index (κ2) is 5.52. The van der Waals surface area contributed by atoms with Crippen LogP contribution in [0.15, 0.2) is 46.6 Å². The smallest absolute Gasteiger partial charge is 0.146 e. The predicted molar refractivity (Wildman–Crippen MR) is 74.8 cm³/mol. The fraction of sp³-hybridized carbons (Fsp3) is 0.200. The number of aryl methyl sites for hydroxylation is 2. The Morgan fingerprint density at radius 2 is 1.47 bits per heavy atom. The van der Waals surface area contributed by atoms with Gasteiger partial charge in [-0.1, -0.05) is 12.1 Å². The average Bonchev–Trinajstić information content (AvgIpc) is 2.40. The van der Waals surface area contributed by atoms with Gasteiger partial charge in [-0.2, -0.15) is 0 Å². The maximum absolute atomic E-state index is 9.71. The standard InChI is InChI=1S/C15H16N2O2/c1-10-4-6-14(18)12(8-10)16-17-13-9-11(2)5-7-15(13)19-3/h4-9,18H,1-3H3. The molecule has 0 aliphatic carbocycles. The summed E-state index contributed by atoms with van der Waals surface area (Å²) < 4.78 is 5.23. The summed E-state index contributed by atoms with van der Waals surface area (Å²) in [4.78, 5) is 0. The molecule has 2 aromatic rings. The van der Waals surface area contributed by atoms with E-state index < -0.39 is 0 Å². The summed E-state index contributed by atoms with van der Waals surface area (Å²) in [6.45, 7) is 3.91. The number of hydrogen-bond donors (Lipinski definition) is 1. The van der Waals surface area contributed by atoms with Crippen LogP contribution in [0.25, 0.3) is 0 Å². The summed E-state index contributed by atoms with van der Waals surface area (Å²) in [5.41, 5.74) is 3.18. The van der Waals surface area contributed by atoms with E-state index in [1.807, 2.05) is 38.1 Å². The lowest BCUT2D eigenvalue weighted by molar-refractivity contribution is 0.415. The monoisotopic (exact) mass is 256 g/mol. The summed E-state index contributed by atoms with van der Waals surface area (Å²) >= 11 is 0. The van der Waals surface area contributed by atoms with E-state index in [1.165, 1.54) is 0 Å². The van der Waals surface area contributed by atoms with Crippen LogP contribution in [0.2, 0.25) is 0 Å². The summed E-state index contributed by atoms with van der Waals surface area (Å²) in [6, 6.07) is 10.9. The quantitative estimate of drug-likeness (QED) is 0.826. The van der Waals surface area contributed by atoms with E-state index in [4.69, 9.17) is 4.74 Å². The van der Waals surface area contributed by atoms with E-state index in [9.17, 15) is 5.11 Å². The molecule has 0 aliphatic heterocycles. The first-order valence-corrected chi connectivity index (χ1v) is 5.96. The molecule has 0 fully saturated rings. The highest BCUT2D eigenvalue weighted by atomic mass is 16.5. The Morgan fingerprint density at radius 1 is 0.895 bits per heavy atom. The molecule has 0 saturated heterocycles. The van der Waals surface area contributed by atoms with Gasteiger partial charge in [-0.05, 0) is 49.2 Å². The van der Waals surface area contributed by atoms with Crippen LogP contribution >= 0.6 is 0 Å². The minimum absolute atomic E-state index is 0.112. The number of nitrogens with zero attached hydrogens (tertiary/aromatic N) is 2. The number of methoxy groups -OCH3 is 1. The van der Waals surface area contributed by atoms with Gasteiger partial charge in [0.1, 0.15) is 22.9 Å². The minimum atomic E-state index is 0.112. The third kappa shape index (κ3) is 3.10. The van der Waals surface area contributed by atoms with Crippen LogP contribution in [-0.2, 0) is 0 Å². The molecule has 4 nitrogen and oxygen atoms in total. The van der Waals surface area contributed by atoms with Gasteiger partial charge in [-0.25, -0.2) is 0 Å². The van der Waals surface area contributed by atoms with E-state index in [1.54, 1.807) is 19.2 Å². The van der Waals surface area contributed by atoms with E-state index in [2.05, 4.69) is 10.2 Å². The molecular formula is C15H16N2O2. The van der Waals surface area contributed by atoms with Crippen molar-refractivity contribution in [3.8, 4) is 11.5 Å². The predicted octanol–water partition coefficient (Wildman–Crippen LogP) is 4.43. The number of hydrogen-bond acceptors (Lipinski definition) is 4. The third-order valence-corrected chi connectivity index (χ3v) is 2.73. The van der Waals surface area contributed by atoms with Gasteiger partial charge in [0.05, 0.1) is 7.11 Å². The lowest BCUT2D eigenvalue weighted by Gasteiger charge is -2.04. The van der Waals surface area contributed by atoms with Crippen LogP contribution in [0.3, 0.4) is 0 Å². The Bertz CT molecular complexity index is 622. The number of rotatable bonds is 3. The van der Waals surface area contributed by atoms with Crippen molar-refractivity contribution in [3.63, 3.8) is 0 Å². The average molecular weight is 256 g/mol. The number of ether oxygens (including phenoxy) is 1. The first-order chi connectivity index (χ1) is 9.10. The van der Waals surface area contributed by atoms with Gasteiger partial charge in [-0.3, -0.25) is 0 Å². The topological polar surface area (TPSA) is 54.2 Å². The molecule has 0 spiro atoms. The molecule has 0 unspecified atom stereocenters. The van der Waals surface area contributed by atoms with Gasteiger partial charge in [0.25, 0.3) is 0 Å². The minimum Gasteiger partial charge on any atom is -0.506 e. The van der Waals surface area contributed by atoms with Gasteiger partial charge in [-0.15, -0.1) is 10.2 Å². The third-order valence-electron chi connectivity index (χ3n) is 2.73. The molecule has 19 heavy (non-hydrogen) atoms. The molecular weight excluding hydrogens is 240 g/mol. The van der Waals surface area contributed by atoms with Crippen molar-refractivity contribution in [1.82, 2.24) is 0 Å². The van der Waals surface area contributed by atoms with Crippen molar-refractivity contribution in [1.29, 1.82) is 0 Å². The summed E-state index contributed by atoms with van der Waals surface area (Å²) in [5, 5.41) is 17.9. The zero-order valence-corrected chi connectivity index (χ0v) is 11.2. The Morgan fingerprint density at radius 3 is 2.16 bits per heavy atom. The molecule has 0 radical (unpaired) electrons. The molecule has 0 aromatic heterocycles. The second-order valence-corrected chi connectivity index (χ2v) is 4.37. The van der Waals surface area contributed by atoms with E-state index >= 15 is 0 Å². The van der Waals surface area contributed by atoms with Crippen molar-refractivity contribution in [2.24, 2.45) is 10.2 Å². The van der Waals surface area contributed by atoms with Gasteiger partial charge in [0, 0.05) is 0 Å². The van der Waals surface area contributed by atoms with Crippen LogP contribution < -0.4 is 4.74 Å². The van der Waals surface area contributed by atoms with E-state index in [-0.39, 0.29) is 5.75 Å². The number of benzene rings is 2. The van der Waals surface area contributed by atoms with Crippen LogP contribution in [-0.4, -0.2) is 12.2 Å². The van der Waals surface area contributed by atoms with Gasteiger partial charge >= 0.3 is 0 Å². The zero-order valence-electron chi connectivity index (χ0n) is 11.2. The highest BCUT2D eigenvalue weighted by molar-refractivity contribution is 5.55. The molecule has 2 aromatic carbocycles. The van der Waals surface area contributed by atoms with Crippen molar-refractivity contribution in [3.05, 3.63) is 47.5 Å². The Kier molecular flexibility index (Phi) is 3.80. The lowest BCUT2D eigenvalue weighted by atomic mass is 10.2. The summed E-state index contributed by atoms with van der Waals surface area (Å²) in [6.07, 6.45) is 0. The number of phenolic OH excluding ortho intramolecular Hbond substituents is 1. The van der Waals surface area contributed by atoms with E-state index in [0.717, 1.165) is 11.1 Å². The highest BCUT2D eigenvalue weighted by Crippen LogP contribution is 2.32. The maximum Gasteiger partial charge on any atom is 0.146 e. The normalized spacial score (nSPS) is 10.9. The Labute approximate surface area is 112 Å². The van der Waals surface area contributed by atoms with Gasteiger partial charge < -0.3 is 9.84 Å². The van der Waals surface area contributed by atoms with Crippen molar-refractivity contribution in [2.75, 3.05) is 7.11 Å². The van der Waals surface area contributed by atoms with Crippen molar-refractivity contribution < 1.29 is 9.84 Å². The second-order valence-electron chi connectivity index (χ2n) is 4.37. The van der Waals surface area contributed by atoms with Crippen LogP contribution in [0.1, 0.15) is 11.1 Å². The fourth-order valence-electron chi connectivity index (χ4n) is 1.70. The lowest BCUT2D eigenvalue weighted by Crippen LogP contribution is -1.83. The number of phenols is 1. The van der Waals surface area contributed by atoms with Crippen LogP contribution in [0, 0.1) is 13.8 Å². The molecule has 0 bridgehead atoms. The van der Waals surface area contributed by atoms with Gasteiger partial charge in [0.2, 0.25) is 0 Å². The zero-order chi connectivity index (χ0) is 13.8. The first kappa shape index (κ1) is 13.1. The van der Waals surface area contributed by atoms with Crippen LogP contribution in [0.4, 0.5) is 11.4 Å². The SMILES string of the molecule is COc1ccc(C)cc1N=Nc1cc(C)ccc1O. The molecule has 0 heterocycles. The maximum atomic E-state index is 9.71. The number of azo groups is 1. The molecule has 0 amide bonds. The molecule has 0 aliphatic rings. The summed E-state index contributed by atoms with van der Waals surface area (Å²) in [7, 11) is 1.59. The van der Waals surface area contributed by atoms with E-state index in [0.29, 0.717) is 17.1 Å². The highest BCUT2D eigenvalue weighted by Gasteiger charge is 2.03. The molecule has 2 rings (SSSR count). The Balaban J connectivity index is 2.37. The molecule has 98 valence electrons. The molecule has 1 N–H and O–H groups in total. The molecule has 4 heteroatoms. The summed E-state index contributed by atoms with van der Waals surface area (Å²) in [5.74, 6) is 0.766. The number of aromatic hydroxyl groups is 1. The van der Waals surface area contributed by atoms with Crippen LogP contribution in [0.5, 0.6) is 11.5 Å². The van der Waals surface area contributed by atoms with Crippen molar-refractivity contribution >= 4 is 11.4 Å². The Hall–Kier alpha value is -2.36. The van der Waals surface area contributed by atoms with Crippen molar-refractivity contribution in [2.45, 2.75) is 13.8 Å².